The first kappa shape index (κ1) is 21.6. The van der Waals surface area contributed by atoms with Gasteiger partial charge in [0, 0.05) is 21.8 Å². The van der Waals surface area contributed by atoms with Crippen LogP contribution in [0.4, 0.5) is 15.8 Å². The maximum atomic E-state index is 13.2. The molecule has 0 aliphatic rings. The largest absolute Gasteiger partial charge is 0.326 e. The number of thioether (sulfide) groups is 1. The van der Waals surface area contributed by atoms with Crippen LogP contribution in [0.3, 0.4) is 0 Å². The average Bonchev–Trinajstić information content (AvgIpc) is 3.12. The first-order valence-electron chi connectivity index (χ1n) is 8.26. The first-order valence-corrected chi connectivity index (χ1v) is 10.9. The number of carbonyl (C=O) groups excluding carboxylic acids is 2. The Morgan fingerprint density at radius 1 is 1.03 bits per heavy atom. The Balaban J connectivity index is 1.47. The highest BCUT2D eigenvalue weighted by Gasteiger charge is 2.11. The number of nitrogens with one attached hydrogen (secondary N) is 2. The molecule has 0 saturated heterocycles. The number of nitrogens with zero attached hydrogens (tertiary/aromatic N) is 1. The lowest BCUT2D eigenvalue weighted by Gasteiger charge is -2.05. The zero-order valence-corrected chi connectivity index (χ0v) is 17.9. The lowest BCUT2D eigenvalue weighted by molar-refractivity contribution is -0.116. The van der Waals surface area contributed by atoms with E-state index in [4.69, 9.17) is 23.2 Å². The summed E-state index contributed by atoms with van der Waals surface area (Å²) < 4.78 is 13.8. The van der Waals surface area contributed by atoms with E-state index in [1.54, 1.807) is 29.6 Å². The van der Waals surface area contributed by atoms with Crippen LogP contribution in [0.1, 0.15) is 5.69 Å². The fraction of sp³-hybridized carbons (Fsp3) is 0.105. The molecule has 5 nitrogen and oxygen atoms in total. The van der Waals surface area contributed by atoms with Crippen LogP contribution < -0.4 is 10.6 Å². The molecule has 1 aromatic heterocycles. The zero-order chi connectivity index (χ0) is 20.8. The molecule has 0 fully saturated rings. The van der Waals surface area contributed by atoms with Crippen LogP contribution in [0.25, 0.3) is 0 Å². The van der Waals surface area contributed by atoms with Gasteiger partial charge in [0.15, 0.2) is 4.34 Å². The predicted octanol–water partition coefficient (Wildman–Crippen LogP) is 5.50. The van der Waals surface area contributed by atoms with E-state index in [1.165, 1.54) is 41.3 Å². The van der Waals surface area contributed by atoms with Crippen molar-refractivity contribution in [3.8, 4) is 0 Å². The van der Waals surface area contributed by atoms with Crippen LogP contribution in [0.15, 0.2) is 52.2 Å². The van der Waals surface area contributed by atoms with Gasteiger partial charge in [-0.1, -0.05) is 35.0 Å². The highest BCUT2D eigenvalue weighted by molar-refractivity contribution is 8.01. The minimum atomic E-state index is -0.550. The van der Waals surface area contributed by atoms with Gasteiger partial charge in [-0.3, -0.25) is 9.59 Å². The number of amides is 2. The van der Waals surface area contributed by atoms with Crippen LogP contribution >= 0.6 is 46.3 Å². The minimum absolute atomic E-state index is 0.0586. The van der Waals surface area contributed by atoms with Gasteiger partial charge in [0.25, 0.3) is 0 Å². The molecule has 3 aromatic rings. The Morgan fingerprint density at radius 2 is 1.72 bits per heavy atom. The van der Waals surface area contributed by atoms with Crippen molar-refractivity contribution in [3.05, 3.63) is 69.4 Å². The second-order valence-corrected chi connectivity index (χ2v) is 8.73. The van der Waals surface area contributed by atoms with Crippen molar-refractivity contribution >= 4 is 69.5 Å². The summed E-state index contributed by atoms with van der Waals surface area (Å²) >= 11 is 14.2. The molecule has 0 aliphatic heterocycles. The van der Waals surface area contributed by atoms with Gasteiger partial charge in [0.05, 0.1) is 22.9 Å². The molecule has 1 heterocycles. The van der Waals surface area contributed by atoms with Crippen LogP contribution in [-0.4, -0.2) is 22.6 Å². The summed E-state index contributed by atoms with van der Waals surface area (Å²) in [6.07, 6.45) is 0.0586. The van der Waals surface area contributed by atoms with E-state index in [1.807, 2.05) is 0 Å². The minimum Gasteiger partial charge on any atom is -0.326 e. The van der Waals surface area contributed by atoms with Gasteiger partial charge in [-0.05, 0) is 42.5 Å². The molecule has 0 saturated carbocycles. The molecule has 0 aliphatic carbocycles. The Labute approximate surface area is 184 Å². The summed E-state index contributed by atoms with van der Waals surface area (Å²) in [6, 6.07) is 10.8. The van der Waals surface area contributed by atoms with Crippen molar-refractivity contribution in [2.24, 2.45) is 0 Å². The van der Waals surface area contributed by atoms with Crippen molar-refractivity contribution in [2.45, 2.75) is 10.8 Å². The van der Waals surface area contributed by atoms with E-state index in [0.29, 0.717) is 26.4 Å². The second-order valence-electron chi connectivity index (χ2n) is 5.80. The zero-order valence-electron chi connectivity index (χ0n) is 14.7. The maximum absolute atomic E-state index is 13.2. The SMILES string of the molecule is O=C(CSc1nc(CC(=O)Nc2ccc(F)c(Cl)c2)cs1)Nc1ccc(Cl)cc1. The number of thiazole rings is 1. The molecular weight excluding hydrogens is 456 g/mol. The third-order valence-electron chi connectivity index (χ3n) is 3.53. The maximum Gasteiger partial charge on any atom is 0.234 e. The van der Waals surface area contributed by atoms with Crippen LogP contribution in [0.5, 0.6) is 0 Å². The Bertz CT molecular complexity index is 1030. The number of hydrogen-bond donors (Lipinski definition) is 2. The van der Waals surface area contributed by atoms with Crippen molar-refractivity contribution in [3.63, 3.8) is 0 Å². The van der Waals surface area contributed by atoms with Crippen molar-refractivity contribution < 1.29 is 14.0 Å². The first-order chi connectivity index (χ1) is 13.9. The van der Waals surface area contributed by atoms with E-state index in [-0.39, 0.29) is 29.0 Å². The monoisotopic (exact) mass is 469 g/mol. The molecule has 0 unspecified atom stereocenters. The van der Waals surface area contributed by atoms with E-state index in [9.17, 15) is 14.0 Å². The summed E-state index contributed by atoms with van der Waals surface area (Å²) in [6.45, 7) is 0. The molecule has 2 aromatic carbocycles. The molecular formula is C19H14Cl2FN3O2S2. The molecule has 0 radical (unpaired) electrons. The number of halogens is 3. The number of benzene rings is 2. The van der Waals surface area contributed by atoms with E-state index < -0.39 is 5.82 Å². The second kappa shape index (κ2) is 10.1. The van der Waals surface area contributed by atoms with E-state index >= 15 is 0 Å². The lowest BCUT2D eigenvalue weighted by atomic mass is 10.3. The fourth-order valence-corrected chi connectivity index (χ4v) is 4.19. The highest BCUT2D eigenvalue weighted by atomic mass is 35.5. The number of carbonyl (C=O) groups is 2. The molecule has 0 spiro atoms. The number of aromatic nitrogens is 1. The normalized spacial score (nSPS) is 10.6. The standard InChI is InChI=1S/C19H14Cl2FN3O2S2/c20-11-1-3-12(4-2-11)23-18(27)10-29-19-25-14(9-28-19)8-17(26)24-13-5-6-16(22)15(21)7-13/h1-7,9H,8,10H2,(H,23,27)(H,24,26). The summed E-state index contributed by atoms with van der Waals surface area (Å²) in [5, 5.41) is 7.71. The third-order valence-corrected chi connectivity index (χ3v) is 6.14. The molecule has 10 heteroatoms. The van der Waals surface area contributed by atoms with E-state index in [0.717, 1.165) is 0 Å². The number of anilines is 2. The quantitative estimate of drug-likeness (QED) is 0.448. The molecule has 150 valence electrons. The van der Waals surface area contributed by atoms with Crippen molar-refractivity contribution in [1.29, 1.82) is 0 Å². The summed E-state index contributed by atoms with van der Waals surface area (Å²) in [4.78, 5) is 28.5. The smallest absolute Gasteiger partial charge is 0.234 e. The molecule has 2 N–H and O–H groups in total. The van der Waals surface area contributed by atoms with Gasteiger partial charge >= 0.3 is 0 Å². The Kier molecular flexibility index (Phi) is 7.49. The number of hydrogen-bond acceptors (Lipinski definition) is 5. The van der Waals surface area contributed by atoms with Crippen LogP contribution in [0, 0.1) is 5.82 Å². The summed E-state index contributed by atoms with van der Waals surface area (Å²) in [5.41, 5.74) is 1.66. The topological polar surface area (TPSA) is 71.1 Å². The number of rotatable bonds is 7. The van der Waals surface area contributed by atoms with Crippen molar-refractivity contribution in [2.75, 3.05) is 16.4 Å². The fourth-order valence-electron chi connectivity index (χ4n) is 2.24. The van der Waals surface area contributed by atoms with Gasteiger partial charge in [0.2, 0.25) is 11.8 Å². The Morgan fingerprint density at radius 3 is 2.45 bits per heavy atom. The van der Waals surface area contributed by atoms with Crippen LogP contribution in [-0.2, 0) is 16.0 Å². The van der Waals surface area contributed by atoms with Gasteiger partial charge < -0.3 is 10.6 Å². The highest BCUT2D eigenvalue weighted by Crippen LogP contribution is 2.24. The molecule has 0 atom stereocenters. The predicted molar refractivity (Wildman–Crippen MR) is 117 cm³/mol. The van der Waals surface area contributed by atoms with Gasteiger partial charge in [-0.25, -0.2) is 9.37 Å². The average molecular weight is 470 g/mol. The molecule has 2 amide bonds. The van der Waals surface area contributed by atoms with Gasteiger partial charge in [-0.15, -0.1) is 11.3 Å². The van der Waals surface area contributed by atoms with Crippen molar-refractivity contribution in [1.82, 2.24) is 4.98 Å². The lowest BCUT2D eigenvalue weighted by Crippen LogP contribution is -2.15. The summed E-state index contributed by atoms with van der Waals surface area (Å²) in [7, 11) is 0. The summed E-state index contributed by atoms with van der Waals surface area (Å²) in [5.74, 6) is -0.823. The van der Waals surface area contributed by atoms with Crippen LogP contribution in [0.2, 0.25) is 10.0 Å². The Hall–Kier alpha value is -2.13. The van der Waals surface area contributed by atoms with E-state index in [2.05, 4.69) is 15.6 Å². The molecule has 29 heavy (non-hydrogen) atoms. The van der Waals surface area contributed by atoms with Gasteiger partial charge in [-0.2, -0.15) is 0 Å². The van der Waals surface area contributed by atoms with Gasteiger partial charge in [0.1, 0.15) is 5.82 Å². The molecule has 3 rings (SSSR count). The molecule has 0 bridgehead atoms. The third kappa shape index (κ3) is 6.71.